The summed E-state index contributed by atoms with van der Waals surface area (Å²) in [7, 11) is 0. The van der Waals surface area contributed by atoms with Crippen molar-refractivity contribution in [2.75, 3.05) is 0 Å². The van der Waals surface area contributed by atoms with Gasteiger partial charge in [-0.2, -0.15) is 0 Å². The number of aromatic nitrogens is 6. The summed E-state index contributed by atoms with van der Waals surface area (Å²) in [5, 5.41) is 0. The molecular weight excluding hydrogens is 168 g/mol. The molecule has 0 saturated heterocycles. The second-order valence-corrected chi connectivity index (χ2v) is 2.79. The molecule has 0 saturated carbocycles. The first kappa shape index (κ1) is 6.53. The molecule has 0 radical (unpaired) electrons. The molecule has 3 aromatic heterocycles. The second kappa shape index (κ2) is 2.03. The normalized spacial score (nSPS) is 11.5. The van der Waals surface area contributed by atoms with Gasteiger partial charge in [-0.25, -0.2) is 19.9 Å². The minimum atomic E-state index is 0.608. The molecule has 6 heteroatoms. The Bertz CT molecular complexity index is 529. The number of imidazole rings is 2. The molecule has 3 rings (SSSR count). The molecule has 3 heterocycles. The molecule has 0 bridgehead atoms. The lowest BCUT2D eigenvalue weighted by Crippen LogP contribution is -1.84. The standard InChI is InChI=1S/C7H6N6/c1-3-10-6-7(11-3)13-5-4(12-6)8-2-9-5/h2H,1H3,(H2,8,9,10,11,12,13). The van der Waals surface area contributed by atoms with E-state index < -0.39 is 0 Å². The Morgan fingerprint density at radius 1 is 1.08 bits per heavy atom. The molecule has 0 aromatic carbocycles. The SMILES string of the molecule is Cc1nc2nc3[nH]cnc3nc2[nH]1. The summed E-state index contributed by atoms with van der Waals surface area (Å²) in [5.41, 5.74) is 2.57. The highest BCUT2D eigenvalue weighted by Gasteiger charge is 2.05. The number of nitrogens with one attached hydrogen (secondary N) is 2. The quantitative estimate of drug-likeness (QED) is 0.521. The molecule has 0 fully saturated rings. The molecule has 0 aliphatic carbocycles. The minimum absolute atomic E-state index is 0.608. The number of aromatic amines is 2. The zero-order chi connectivity index (χ0) is 8.84. The maximum Gasteiger partial charge on any atom is 0.199 e. The van der Waals surface area contributed by atoms with Crippen LogP contribution in [0.1, 0.15) is 5.82 Å². The second-order valence-electron chi connectivity index (χ2n) is 2.79. The highest BCUT2D eigenvalue weighted by Crippen LogP contribution is 2.09. The summed E-state index contributed by atoms with van der Waals surface area (Å²) < 4.78 is 0. The van der Waals surface area contributed by atoms with Crippen molar-refractivity contribution in [2.24, 2.45) is 0 Å². The lowest BCUT2D eigenvalue weighted by atomic mass is 10.6. The van der Waals surface area contributed by atoms with Gasteiger partial charge in [-0.15, -0.1) is 0 Å². The fourth-order valence-corrected chi connectivity index (χ4v) is 1.28. The van der Waals surface area contributed by atoms with Gasteiger partial charge >= 0.3 is 0 Å². The van der Waals surface area contributed by atoms with Crippen LogP contribution >= 0.6 is 0 Å². The Labute approximate surface area is 72.5 Å². The molecule has 64 valence electrons. The van der Waals surface area contributed by atoms with Crippen LogP contribution in [0.2, 0.25) is 0 Å². The Kier molecular flexibility index (Phi) is 1.02. The van der Waals surface area contributed by atoms with Crippen LogP contribution in [0.15, 0.2) is 6.33 Å². The highest BCUT2D eigenvalue weighted by molar-refractivity contribution is 5.77. The zero-order valence-electron chi connectivity index (χ0n) is 6.87. The number of aryl methyl sites for hydroxylation is 1. The first-order valence-corrected chi connectivity index (χ1v) is 3.86. The predicted molar refractivity (Wildman–Crippen MR) is 46.1 cm³/mol. The van der Waals surface area contributed by atoms with E-state index in [9.17, 15) is 0 Å². The number of fused-ring (bicyclic) bond motifs is 2. The summed E-state index contributed by atoms with van der Waals surface area (Å²) in [5.74, 6) is 0.808. The van der Waals surface area contributed by atoms with Gasteiger partial charge in [0, 0.05) is 0 Å². The summed E-state index contributed by atoms with van der Waals surface area (Å²) in [6.07, 6.45) is 1.57. The fraction of sp³-hybridized carbons (Fsp3) is 0.143. The van der Waals surface area contributed by atoms with Crippen molar-refractivity contribution >= 4 is 22.6 Å². The summed E-state index contributed by atoms with van der Waals surface area (Å²) >= 11 is 0. The number of H-pyrrole nitrogens is 2. The van der Waals surface area contributed by atoms with Crippen molar-refractivity contribution in [1.29, 1.82) is 0 Å². The van der Waals surface area contributed by atoms with Crippen molar-refractivity contribution in [3.05, 3.63) is 12.2 Å². The van der Waals surface area contributed by atoms with E-state index in [0.717, 1.165) is 5.82 Å². The van der Waals surface area contributed by atoms with Crippen LogP contribution in [0.3, 0.4) is 0 Å². The molecule has 0 aliphatic heterocycles. The van der Waals surface area contributed by atoms with E-state index in [1.54, 1.807) is 6.33 Å². The average molecular weight is 174 g/mol. The van der Waals surface area contributed by atoms with Crippen LogP contribution in [0.5, 0.6) is 0 Å². The molecular formula is C7H6N6. The van der Waals surface area contributed by atoms with Crippen molar-refractivity contribution in [2.45, 2.75) is 6.92 Å². The Balaban J connectivity index is 2.54. The molecule has 3 aromatic rings. The molecule has 6 nitrogen and oxygen atoms in total. The summed E-state index contributed by atoms with van der Waals surface area (Å²) in [6, 6.07) is 0. The average Bonchev–Trinajstić information content (AvgIpc) is 2.63. The Morgan fingerprint density at radius 3 is 2.85 bits per heavy atom. The van der Waals surface area contributed by atoms with Crippen LogP contribution in [0, 0.1) is 6.92 Å². The third kappa shape index (κ3) is 0.821. The maximum atomic E-state index is 4.24. The fourth-order valence-electron chi connectivity index (χ4n) is 1.28. The van der Waals surface area contributed by atoms with Gasteiger partial charge in [-0.05, 0) is 6.92 Å². The van der Waals surface area contributed by atoms with Crippen LogP contribution in [-0.4, -0.2) is 29.9 Å². The largest absolute Gasteiger partial charge is 0.328 e. The third-order valence-electron chi connectivity index (χ3n) is 1.82. The summed E-state index contributed by atoms with van der Waals surface area (Å²) in [6.45, 7) is 1.87. The van der Waals surface area contributed by atoms with Crippen LogP contribution in [-0.2, 0) is 0 Å². The van der Waals surface area contributed by atoms with Gasteiger partial charge in [-0.3, -0.25) is 0 Å². The van der Waals surface area contributed by atoms with E-state index in [2.05, 4.69) is 29.9 Å². The van der Waals surface area contributed by atoms with E-state index in [1.165, 1.54) is 0 Å². The number of nitrogens with zero attached hydrogens (tertiary/aromatic N) is 4. The Morgan fingerprint density at radius 2 is 1.92 bits per heavy atom. The molecule has 0 spiro atoms. The van der Waals surface area contributed by atoms with Gasteiger partial charge in [-0.1, -0.05) is 0 Å². The van der Waals surface area contributed by atoms with Crippen LogP contribution in [0.25, 0.3) is 22.6 Å². The van der Waals surface area contributed by atoms with Gasteiger partial charge in [0.2, 0.25) is 0 Å². The van der Waals surface area contributed by atoms with Gasteiger partial charge < -0.3 is 9.97 Å². The first-order valence-electron chi connectivity index (χ1n) is 3.86. The van der Waals surface area contributed by atoms with Crippen molar-refractivity contribution in [1.82, 2.24) is 29.9 Å². The highest BCUT2D eigenvalue weighted by atomic mass is 15.1. The lowest BCUT2D eigenvalue weighted by Gasteiger charge is -1.86. The van der Waals surface area contributed by atoms with E-state index in [-0.39, 0.29) is 0 Å². The third-order valence-corrected chi connectivity index (χ3v) is 1.82. The molecule has 0 unspecified atom stereocenters. The van der Waals surface area contributed by atoms with Crippen molar-refractivity contribution in [3.8, 4) is 0 Å². The van der Waals surface area contributed by atoms with Gasteiger partial charge in [0.15, 0.2) is 22.6 Å². The van der Waals surface area contributed by atoms with Crippen molar-refractivity contribution < 1.29 is 0 Å². The van der Waals surface area contributed by atoms with Crippen molar-refractivity contribution in [3.63, 3.8) is 0 Å². The van der Waals surface area contributed by atoms with E-state index in [4.69, 9.17) is 0 Å². The number of hydrogen-bond acceptors (Lipinski definition) is 4. The minimum Gasteiger partial charge on any atom is -0.328 e. The zero-order valence-corrected chi connectivity index (χ0v) is 6.87. The Hall–Kier alpha value is -1.98. The smallest absolute Gasteiger partial charge is 0.199 e. The summed E-state index contributed by atoms with van der Waals surface area (Å²) in [4.78, 5) is 22.5. The number of rotatable bonds is 0. The van der Waals surface area contributed by atoms with E-state index >= 15 is 0 Å². The molecule has 0 amide bonds. The van der Waals surface area contributed by atoms with Gasteiger partial charge in [0.05, 0.1) is 6.33 Å². The monoisotopic (exact) mass is 174 g/mol. The van der Waals surface area contributed by atoms with Gasteiger partial charge in [0.1, 0.15) is 5.82 Å². The van der Waals surface area contributed by atoms with E-state index in [1.807, 2.05) is 6.92 Å². The topological polar surface area (TPSA) is 83.1 Å². The van der Waals surface area contributed by atoms with Crippen LogP contribution in [0.4, 0.5) is 0 Å². The van der Waals surface area contributed by atoms with E-state index in [0.29, 0.717) is 22.6 Å². The first-order chi connectivity index (χ1) is 6.33. The molecule has 2 N–H and O–H groups in total. The molecule has 13 heavy (non-hydrogen) atoms. The van der Waals surface area contributed by atoms with Crippen LogP contribution < -0.4 is 0 Å². The maximum absolute atomic E-state index is 4.24. The van der Waals surface area contributed by atoms with Gasteiger partial charge in [0.25, 0.3) is 0 Å². The molecule has 0 atom stereocenters. The lowest BCUT2D eigenvalue weighted by molar-refractivity contribution is 1.16. The molecule has 0 aliphatic rings. The number of hydrogen-bond donors (Lipinski definition) is 2. The predicted octanol–water partition coefficient (Wildman–Crippen LogP) is 0.538.